The maximum atomic E-state index is 14.9. The van der Waals surface area contributed by atoms with Gasteiger partial charge in [-0.1, -0.05) is 6.92 Å². The van der Waals surface area contributed by atoms with Crippen LogP contribution >= 0.6 is 0 Å². The monoisotopic (exact) mass is 440 g/mol. The summed E-state index contributed by atoms with van der Waals surface area (Å²) in [5, 5.41) is 18.1. The summed E-state index contributed by atoms with van der Waals surface area (Å²) in [7, 11) is 0. The highest BCUT2D eigenvalue weighted by molar-refractivity contribution is 6.08. The molecule has 7 nitrogen and oxygen atoms in total. The first-order valence-electron chi connectivity index (χ1n) is 10.8. The van der Waals surface area contributed by atoms with Gasteiger partial charge in [-0.2, -0.15) is 5.26 Å². The van der Waals surface area contributed by atoms with E-state index in [-0.39, 0.29) is 24.6 Å². The molecule has 3 atom stereocenters. The summed E-state index contributed by atoms with van der Waals surface area (Å²) in [6, 6.07) is 7.41. The van der Waals surface area contributed by atoms with Crippen LogP contribution in [0.3, 0.4) is 0 Å². The number of alkyl halides is 1. The Labute approximate surface area is 185 Å². The van der Waals surface area contributed by atoms with Gasteiger partial charge in [-0.05, 0) is 44.0 Å². The van der Waals surface area contributed by atoms with Crippen LogP contribution < -0.4 is 16.0 Å². The van der Waals surface area contributed by atoms with Crippen molar-refractivity contribution in [1.82, 2.24) is 9.88 Å². The van der Waals surface area contributed by atoms with E-state index < -0.39 is 23.6 Å². The highest BCUT2D eigenvalue weighted by Gasteiger charge is 2.52. The Bertz CT molecular complexity index is 1050. The van der Waals surface area contributed by atoms with Gasteiger partial charge in [-0.15, -0.1) is 0 Å². The third kappa shape index (κ3) is 3.65. The van der Waals surface area contributed by atoms with Crippen LogP contribution in [-0.4, -0.2) is 47.6 Å². The second kappa shape index (κ2) is 8.71. The number of benzene rings is 1. The van der Waals surface area contributed by atoms with Crippen LogP contribution in [0.5, 0.6) is 0 Å². The van der Waals surface area contributed by atoms with Gasteiger partial charge in [-0.25, -0.2) is 13.8 Å². The minimum absolute atomic E-state index is 0.226. The number of hydrogen-bond donors (Lipinski definition) is 3. The van der Waals surface area contributed by atoms with E-state index in [4.69, 9.17) is 5.26 Å². The second-order valence-corrected chi connectivity index (χ2v) is 8.12. The zero-order chi connectivity index (χ0) is 22.9. The van der Waals surface area contributed by atoms with Crippen molar-refractivity contribution >= 4 is 23.0 Å². The summed E-state index contributed by atoms with van der Waals surface area (Å²) in [4.78, 5) is 19.3. The predicted molar refractivity (Wildman–Crippen MR) is 119 cm³/mol. The minimum atomic E-state index is -1.12. The Balaban J connectivity index is 1.66. The number of halogens is 2. The average Bonchev–Trinajstić information content (AvgIpc) is 3.08. The maximum absolute atomic E-state index is 14.9. The number of fused-ring (bicyclic) bond motifs is 1. The highest BCUT2D eigenvalue weighted by Crippen LogP contribution is 2.47. The summed E-state index contributed by atoms with van der Waals surface area (Å²) in [6.07, 6.45) is 1.03. The van der Waals surface area contributed by atoms with E-state index in [1.54, 1.807) is 12.1 Å². The van der Waals surface area contributed by atoms with Gasteiger partial charge in [0.2, 0.25) is 5.91 Å². The van der Waals surface area contributed by atoms with Crippen molar-refractivity contribution in [2.24, 2.45) is 0 Å². The number of likely N-dealkylation sites (tertiary alicyclic amines) is 1. The fourth-order valence-electron chi connectivity index (χ4n) is 4.79. The lowest BCUT2D eigenvalue weighted by Crippen LogP contribution is -2.59. The van der Waals surface area contributed by atoms with Crippen molar-refractivity contribution in [3.8, 4) is 6.07 Å². The molecule has 1 aromatic heterocycles. The summed E-state index contributed by atoms with van der Waals surface area (Å²) >= 11 is 0. The summed E-state index contributed by atoms with van der Waals surface area (Å²) < 4.78 is 29.4. The molecule has 32 heavy (non-hydrogen) atoms. The van der Waals surface area contributed by atoms with Crippen molar-refractivity contribution in [2.45, 2.75) is 44.4 Å². The van der Waals surface area contributed by atoms with Gasteiger partial charge in [0.1, 0.15) is 29.3 Å². The first-order valence-corrected chi connectivity index (χ1v) is 10.8. The zero-order valence-electron chi connectivity index (χ0n) is 18.1. The molecule has 1 amide bonds. The molecular formula is C23H26F2N6O. The molecule has 1 saturated heterocycles. The number of rotatable bonds is 6. The fraction of sp³-hybridized carbons (Fsp3) is 0.435. The second-order valence-electron chi connectivity index (χ2n) is 8.12. The predicted octanol–water partition coefficient (Wildman–Crippen LogP) is 3.61. The summed E-state index contributed by atoms with van der Waals surface area (Å²) in [5.41, 5.74) is 1.51. The van der Waals surface area contributed by atoms with Gasteiger partial charge >= 0.3 is 0 Å². The topological polar surface area (TPSA) is 93.1 Å². The van der Waals surface area contributed by atoms with E-state index >= 15 is 0 Å². The fourth-order valence-corrected chi connectivity index (χ4v) is 4.79. The molecule has 2 aliphatic heterocycles. The first kappa shape index (κ1) is 22.0. The van der Waals surface area contributed by atoms with Crippen molar-refractivity contribution < 1.29 is 13.6 Å². The molecule has 3 N–H and O–H groups in total. The lowest BCUT2D eigenvalue weighted by Gasteiger charge is -2.45. The number of anilines is 3. The van der Waals surface area contributed by atoms with E-state index in [2.05, 4.69) is 20.9 Å². The van der Waals surface area contributed by atoms with Crippen molar-refractivity contribution in [3.63, 3.8) is 0 Å². The van der Waals surface area contributed by atoms with E-state index in [0.717, 1.165) is 0 Å². The zero-order valence-corrected chi connectivity index (χ0v) is 18.1. The number of carbonyl (C=O) groups excluding carboxylic acids is 1. The van der Waals surface area contributed by atoms with Gasteiger partial charge < -0.3 is 16.0 Å². The number of amides is 1. The Kier molecular flexibility index (Phi) is 5.98. The molecule has 2 unspecified atom stereocenters. The van der Waals surface area contributed by atoms with Crippen molar-refractivity contribution in [3.05, 3.63) is 47.5 Å². The van der Waals surface area contributed by atoms with E-state index in [1.807, 2.05) is 24.8 Å². The normalized spacial score (nSPS) is 25.0. The molecule has 2 aromatic rings. The molecule has 0 saturated carbocycles. The highest BCUT2D eigenvalue weighted by atomic mass is 19.1. The molecule has 4 rings (SSSR count). The maximum Gasteiger partial charge on any atom is 0.249 e. The summed E-state index contributed by atoms with van der Waals surface area (Å²) in [6.45, 7) is 5.01. The quantitative estimate of drug-likeness (QED) is 0.636. The van der Waals surface area contributed by atoms with Crippen LogP contribution in [0.2, 0.25) is 0 Å². The van der Waals surface area contributed by atoms with Gasteiger partial charge in [0.05, 0.1) is 29.3 Å². The van der Waals surface area contributed by atoms with Crippen LogP contribution in [0, 0.1) is 17.1 Å². The molecule has 0 spiro atoms. The Morgan fingerprint density at radius 3 is 2.84 bits per heavy atom. The number of hydrogen-bond acceptors (Lipinski definition) is 6. The number of nitriles is 1. The number of nitrogens with one attached hydrogen (secondary N) is 3. The van der Waals surface area contributed by atoms with Crippen LogP contribution in [0.15, 0.2) is 30.5 Å². The van der Waals surface area contributed by atoms with E-state index in [1.165, 1.54) is 18.3 Å². The van der Waals surface area contributed by atoms with Crippen LogP contribution in [0.1, 0.15) is 37.9 Å². The van der Waals surface area contributed by atoms with E-state index in [0.29, 0.717) is 42.1 Å². The molecule has 0 aliphatic carbocycles. The first-order chi connectivity index (χ1) is 15.4. The molecule has 0 bridgehead atoms. The lowest BCUT2D eigenvalue weighted by atomic mass is 9.83. The molecule has 0 radical (unpaired) electrons. The Morgan fingerprint density at radius 2 is 2.19 bits per heavy atom. The van der Waals surface area contributed by atoms with Crippen molar-refractivity contribution in [1.29, 1.82) is 5.26 Å². The molecule has 1 fully saturated rings. The third-order valence-electron chi connectivity index (χ3n) is 6.34. The smallest absolute Gasteiger partial charge is 0.249 e. The molecular weight excluding hydrogens is 414 g/mol. The SMILES string of the molecule is CCNc1cc(F)cc2c1NC(=O)[C@@]2(CC)N1CCC(F)C(Nc2ccc(C#N)nc2)C1. The Hall–Kier alpha value is -3.25. The average molecular weight is 440 g/mol. The van der Waals surface area contributed by atoms with Crippen LogP contribution in [0.25, 0.3) is 0 Å². The Morgan fingerprint density at radius 1 is 1.38 bits per heavy atom. The van der Waals surface area contributed by atoms with Gasteiger partial charge in [-0.3, -0.25) is 9.69 Å². The molecule has 9 heteroatoms. The van der Waals surface area contributed by atoms with Crippen LogP contribution in [-0.2, 0) is 10.3 Å². The van der Waals surface area contributed by atoms with Gasteiger partial charge in [0.25, 0.3) is 0 Å². The largest absolute Gasteiger partial charge is 0.384 e. The van der Waals surface area contributed by atoms with Gasteiger partial charge in [0.15, 0.2) is 0 Å². The number of pyridine rings is 1. The van der Waals surface area contributed by atoms with Gasteiger partial charge in [0, 0.05) is 25.2 Å². The minimum Gasteiger partial charge on any atom is -0.384 e. The standard InChI is InChI=1S/C23H26F2N6O/c1-3-23(17-9-14(24)10-19(27-4-2)21(17)30-22(23)32)31-8-7-18(25)20(13-31)29-16-6-5-15(11-26)28-12-16/h5-6,9-10,12,18,20,27,29H,3-4,7-8,13H2,1-2H3,(H,30,32)/t18?,20?,23-/m0/s1. The van der Waals surface area contributed by atoms with Crippen LogP contribution in [0.4, 0.5) is 25.8 Å². The lowest BCUT2D eigenvalue weighted by molar-refractivity contribution is -0.129. The van der Waals surface area contributed by atoms with Crippen molar-refractivity contribution in [2.75, 3.05) is 35.6 Å². The number of nitrogens with zero attached hydrogens (tertiary/aromatic N) is 3. The molecule has 2 aliphatic rings. The number of piperidine rings is 1. The number of aromatic nitrogens is 1. The molecule has 168 valence electrons. The number of carbonyl (C=O) groups is 1. The molecule has 1 aromatic carbocycles. The van der Waals surface area contributed by atoms with E-state index in [9.17, 15) is 13.6 Å². The summed E-state index contributed by atoms with van der Waals surface area (Å²) in [5.74, 6) is -0.649. The third-order valence-corrected chi connectivity index (χ3v) is 6.34. The molecule has 3 heterocycles.